The van der Waals surface area contributed by atoms with E-state index >= 15 is 0 Å². The molecule has 0 amide bonds. The first-order valence-electron chi connectivity index (χ1n) is 7.26. The van der Waals surface area contributed by atoms with E-state index < -0.39 is 0 Å². The van der Waals surface area contributed by atoms with Gasteiger partial charge < -0.3 is 15.0 Å². The fourth-order valence-electron chi connectivity index (χ4n) is 1.94. The number of likely N-dealkylation sites (N-methyl/N-ethyl adjacent to an activating group) is 1. The lowest BCUT2D eigenvalue weighted by Crippen LogP contribution is -2.22. The van der Waals surface area contributed by atoms with Crippen molar-refractivity contribution < 1.29 is 9.13 Å². The molecule has 0 saturated heterocycles. The van der Waals surface area contributed by atoms with Crippen molar-refractivity contribution in [1.29, 1.82) is 0 Å². The van der Waals surface area contributed by atoms with E-state index in [-0.39, 0.29) is 11.9 Å². The van der Waals surface area contributed by atoms with Gasteiger partial charge in [-0.25, -0.2) is 4.39 Å². The molecule has 0 aliphatic rings. The zero-order valence-electron chi connectivity index (χ0n) is 13.3. The van der Waals surface area contributed by atoms with Gasteiger partial charge in [0.15, 0.2) is 0 Å². The van der Waals surface area contributed by atoms with Crippen LogP contribution in [0, 0.1) is 12.7 Å². The molecule has 1 unspecified atom stereocenters. The minimum absolute atomic E-state index is 0.0828. The SMILES string of the molecule is CCCNC(C)c1cc(F)c(C)cc1OCCN(C)C. The molecule has 20 heavy (non-hydrogen) atoms. The summed E-state index contributed by atoms with van der Waals surface area (Å²) in [7, 11) is 4.01. The largest absolute Gasteiger partial charge is 0.492 e. The summed E-state index contributed by atoms with van der Waals surface area (Å²) in [6.45, 7) is 8.27. The minimum Gasteiger partial charge on any atom is -0.492 e. The van der Waals surface area contributed by atoms with E-state index in [0.29, 0.717) is 12.2 Å². The van der Waals surface area contributed by atoms with Crippen LogP contribution in [0.25, 0.3) is 0 Å². The number of benzene rings is 1. The number of rotatable bonds is 8. The van der Waals surface area contributed by atoms with Crippen molar-refractivity contribution in [3.8, 4) is 5.75 Å². The van der Waals surface area contributed by atoms with Crippen LogP contribution < -0.4 is 10.1 Å². The molecule has 114 valence electrons. The van der Waals surface area contributed by atoms with Crippen LogP contribution >= 0.6 is 0 Å². The molecule has 1 rings (SSSR count). The van der Waals surface area contributed by atoms with E-state index in [0.717, 1.165) is 30.8 Å². The zero-order chi connectivity index (χ0) is 15.1. The first-order valence-corrected chi connectivity index (χ1v) is 7.26. The number of hydrogen-bond acceptors (Lipinski definition) is 3. The van der Waals surface area contributed by atoms with Gasteiger partial charge in [-0.2, -0.15) is 0 Å². The molecular formula is C16H27FN2O. The van der Waals surface area contributed by atoms with Gasteiger partial charge in [-0.05, 0) is 58.6 Å². The van der Waals surface area contributed by atoms with Crippen molar-refractivity contribution in [2.24, 2.45) is 0 Å². The van der Waals surface area contributed by atoms with Crippen molar-refractivity contribution >= 4 is 0 Å². The van der Waals surface area contributed by atoms with E-state index in [4.69, 9.17) is 4.74 Å². The quantitative estimate of drug-likeness (QED) is 0.793. The summed E-state index contributed by atoms with van der Waals surface area (Å²) in [6.07, 6.45) is 1.05. The van der Waals surface area contributed by atoms with E-state index in [9.17, 15) is 4.39 Å². The van der Waals surface area contributed by atoms with Gasteiger partial charge in [0.25, 0.3) is 0 Å². The monoisotopic (exact) mass is 282 g/mol. The highest BCUT2D eigenvalue weighted by Gasteiger charge is 2.14. The number of aryl methyl sites for hydroxylation is 1. The van der Waals surface area contributed by atoms with Crippen molar-refractivity contribution in [2.75, 3.05) is 33.8 Å². The summed E-state index contributed by atoms with van der Waals surface area (Å²) >= 11 is 0. The van der Waals surface area contributed by atoms with Crippen LogP contribution in [0.15, 0.2) is 12.1 Å². The molecule has 3 nitrogen and oxygen atoms in total. The Morgan fingerprint density at radius 2 is 2.05 bits per heavy atom. The lowest BCUT2D eigenvalue weighted by molar-refractivity contribution is 0.257. The molecule has 0 spiro atoms. The lowest BCUT2D eigenvalue weighted by Gasteiger charge is -2.20. The standard InChI is InChI=1S/C16H27FN2O/c1-6-7-18-13(3)14-11-15(17)12(2)10-16(14)20-9-8-19(4)5/h10-11,13,18H,6-9H2,1-5H3. The molecule has 0 heterocycles. The molecule has 4 heteroatoms. The Morgan fingerprint density at radius 1 is 1.35 bits per heavy atom. The van der Waals surface area contributed by atoms with Gasteiger partial charge in [0.1, 0.15) is 18.2 Å². The molecule has 0 aromatic heterocycles. The van der Waals surface area contributed by atoms with E-state index in [1.807, 2.05) is 21.0 Å². The molecule has 1 aromatic rings. The van der Waals surface area contributed by atoms with E-state index in [1.165, 1.54) is 0 Å². The third kappa shape index (κ3) is 5.10. The fourth-order valence-corrected chi connectivity index (χ4v) is 1.94. The minimum atomic E-state index is -0.176. The van der Waals surface area contributed by atoms with Gasteiger partial charge >= 0.3 is 0 Å². The lowest BCUT2D eigenvalue weighted by atomic mass is 10.0. The van der Waals surface area contributed by atoms with Gasteiger partial charge in [0.2, 0.25) is 0 Å². The summed E-state index contributed by atoms with van der Waals surface area (Å²) in [5, 5.41) is 3.38. The Bertz CT molecular complexity index is 421. The first-order chi connectivity index (χ1) is 9.45. The normalized spacial score (nSPS) is 12.8. The predicted molar refractivity (Wildman–Crippen MR) is 81.9 cm³/mol. The molecule has 1 atom stereocenters. The smallest absolute Gasteiger partial charge is 0.126 e. The third-order valence-corrected chi connectivity index (χ3v) is 3.25. The molecule has 1 aromatic carbocycles. The maximum atomic E-state index is 13.8. The molecule has 0 fully saturated rings. The highest BCUT2D eigenvalue weighted by molar-refractivity contribution is 5.40. The molecule has 0 aliphatic heterocycles. The van der Waals surface area contributed by atoms with Crippen LogP contribution in [0.3, 0.4) is 0 Å². The van der Waals surface area contributed by atoms with Crippen molar-refractivity contribution in [3.05, 3.63) is 29.1 Å². The van der Waals surface area contributed by atoms with Gasteiger partial charge in [-0.3, -0.25) is 0 Å². The van der Waals surface area contributed by atoms with Crippen molar-refractivity contribution in [3.63, 3.8) is 0 Å². The second-order valence-electron chi connectivity index (χ2n) is 5.47. The van der Waals surface area contributed by atoms with Crippen molar-refractivity contribution in [1.82, 2.24) is 10.2 Å². The summed E-state index contributed by atoms with van der Waals surface area (Å²) in [5.41, 5.74) is 1.51. The second-order valence-corrected chi connectivity index (χ2v) is 5.47. The van der Waals surface area contributed by atoms with E-state index in [2.05, 4.69) is 17.1 Å². The van der Waals surface area contributed by atoms with Gasteiger partial charge in [-0.15, -0.1) is 0 Å². The number of halogens is 1. The molecule has 0 bridgehead atoms. The number of ether oxygens (including phenoxy) is 1. The predicted octanol–water partition coefficient (Wildman–Crippen LogP) is 3.14. The Labute approximate surface area is 122 Å². The topological polar surface area (TPSA) is 24.5 Å². The maximum absolute atomic E-state index is 13.8. The maximum Gasteiger partial charge on any atom is 0.126 e. The zero-order valence-corrected chi connectivity index (χ0v) is 13.3. The van der Waals surface area contributed by atoms with Gasteiger partial charge in [0, 0.05) is 18.2 Å². The average Bonchev–Trinajstić information content (AvgIpc) is 2.39. The number of nitrogens with zero attached hydrogens (tertiary/aromatic N) is 1. The Morgan fingerprint density at radius 3 is 2.65 bits per heavy atom. The second kappa shape index (κ2) is 8.22. The molecule has 1 N–H and O–H groups in total. The van der Waals surface area contributed by atoms with E-state index in [1.54, 1.807) is 19.1 Å². The first kappa shape index (κ1) is 16.9. The summed E-state index contributed by atoms with van der Waals surface area (Å²) in [6, 6.07) is 3.47. The highest BCUT2D eigenvalue weighted by atomic mass is 19.1. The van der Waals surface area contributed by atoms with Crippen LogP contribution in [0.5, 0.6) is 5.75 Å². The Hall–Kier alpha value is -1.13. The van der Waals surface area contributed by atoms with Crippen LogP contribution in [0.1, 0.15) is 37.4 Å². The summed E-state index contributed by atoms with van der Waals surface area (Å²) < 4.78 is 19.6. The van der Waals surface area contributed by atoms with Crippen LogP contribution in [-0.2, 0) is 0 Å². The molecule has 0 saturated carbocycles. The molecule has 0 aliphatic carbocycles. The van der Waals surface area contributed by atoms with Crippen LogP contribution in [0.2, 0.25) is 0 Å². The highest BCUT2D eigenvalue weighted by Crippen LogP contribution is 2.28. The average molecular weight is 282 g/mol. The van der Waals surface area contributed by atoms with Crippen LogP contribution in [0.4, 0.5) is 4.39 Å². The van der Waals surface area contributed by atoms with Gasteiger partial charge in [0.05, 0.1) is 0 Å². The number of hydrogen-bond donors (Lipinski definition) is 1. The Balaban J connectivity index is 2.86. The molecular weight excluding hydrogens is 255 g/mol. The Kier molecular flexibility index (Phi) is 6.96. The summed E-state index contributed by atoms with van der Waals surface area (Å²) in [5.74, 6) is 0.604. The summed E-state index contributed by atoms with van der Waals surface area (Å²) in [4.78, 5) is 2.06. The van der Waals surface area contributed by atoms with Gasteiger partial charge in [-0.1, -0.05) is 6.92 Å². The van der Waals surface area contributed by atoms with Crippen LogP contribution in [-0.4, -0.2) is 38.7 Å². The van der Waals surface area contributed by atoms with Crippen molar-refractivity contribution in [2.45, 2.75) is 33.2 Å². The third-order valence-electron chi connectivity index (χ3n) is 3.25. The molecule has 0 radical (unpaired) electrons. The number of nitrogens with one attached hydrogen (secondary N) is 1. The fraction of sp³-hybridized carbons (Fsp3) is 0.625.